The maximum atomic E-state index is 13.5. The van der Waals surface area contributed by atoms with E-state index in [0.29, 0.717) is 11.4 Å². The second-order valence-electron chi connectivity index (χ2n) is 4.73. The van der Waals surface area contributed by atoms with Gasteiger partial charge in [-0.25, -0.2) is 4.39 Å². The number of nitrogens with one attached hydrogen (secondary N) is 1. The summed E-state index contributed by atoms with van der Waals surface area (Å²) >= 11 is 5.64. The SMILES string of the molecule is Cl.N[C@@H]1CCC[C@H]1CC(=O)Nc1ccc(Cl)cc1F. The number of halogens is 3. The van der Waals surface area contributed by atoms with Gasteiger partial charge in [-0.05, 0) is 37.0 Å². The summed E-state index contributed by atoms with van der Waals surface area (Å²) in [4.78, 5) is 11.8. The molecule has 2 atom stereocenters. The lowest BCUT2D eigenvalue weighted by molar-refractivity contribution is -0.117. The smallest absolute Gasteiger partial charge is 0.224 e. The molecular weight excluding hydrogens is 290 g/mol. The van der Waals surface area contributed by atoms with Crippen LogP contribution in [0, 0.1) is 11.7 Å². The zero-order chi connectivity index (χ0) is 13.1. The van der Waals surface area contributed by atoms with Crippen molar-refractivity contribution in [2.24, 2.45) is 11.7 Å². The maximum absolute atomic E-state index is 13.5. The molecule has 2 rings (SSSR count). The van der Waals surface area contributed by atoms with Crippen LogP contribution in [0.4, 0.5) is 10.1 Å². The summed E-state index contributed by atoms with van der Waals surface area (Å²) in [5.41, 5.74) is 6.06. The molecule has 1 aromatic carbocycles. The fraction of sp³-hybridized carbons (Fsp3) is 0.462. The van der Waals surface area contributed by atoms with Crippen molar-refractivity contribution in [3.05, 3.63) is 29.0 Å². The Labute approximate surface area is 123 Å². The lowest BCUT2D eigenvalue weighted by Crippen LogP contribution is -2.28. The lowest BCUT2D eigenvalue weighted by atomic mass is 10.00. The molecule has 0 aliphatic heterocycles. The average Bonchev–Trinajstić information content (AvgIpc) is 2.69. The summed E-state index contributed by atoms with van der Waals surface area (Å²) in [6, 6.07) is 4.27. The number of anilines is 1. The number of amides is 1. The molecule has 0 heterocycles. The molecule has 1 fully saturated rings. The molecule has 1 amide bonds. The Bertz CT molecular complexity index is 456. The minimum Gasteiger partial charge on any atom is -0.327 e. The molecule has 106 valence electrons. The third kappa shape index (κ3) is 4.34. The molecule has 0 bridgehead atoms. The molecule has 0 spiro atoms. The minimum atomic E-state index is -0.522. The van der Waals surface area contributed by atoms with Gasteiger partial charge in [0.15, 0.2) is 0 Å². The zero-order valence-corrected chi connectivity index (χ0v) is 11.9. The molecule has 0 aromatic heterocycles. The summed E-state index contributed by atoms with van der Waals surface area (Å²) in [5, 5.41) is 2.87. The summed E-state index contributed by atoms with van der Waals surface area (Å²) in [5.74, 6) is -0.509. The Morgan fingerprint density at radius 1 is 1.47 bits per heavy atom. The van der Waals surface area contributed by atoms with Crippen molar-refractivity contribution in [2.45, 2.75) is 31.7 Å². The minimum absolute atomic E-state index is 0. The van der Waals surface area contributed by atoms with Gasteiger partial charge in [0.25, 0.3) is 0 Å². The summed E-state index contributed by atoms with van der Waals surface area (Å²) < 4.78 is 13.5. The Morgan fingerprint density at radius 3 is 2.79 bits per heavy atom. The number of nitrogens with two attached hydrogens (primary N) is 1. The molecule has 19 heavy (non-hydrogen) atoms. The predicted octanol–water partition coefficient (Wildman–Crippen LogP) is 3.36. The van der Waals surface area contributed by atoms with Crippen LogP contribution in [0.5, 0.6) is 0 Å². The molecule has 1 saturated carbocycles. The van der Waals surface area contributed by atoms with Crippen LogP contribution in [0.25, 0.3) is 0 Å². The van der Waals surface area contributed by atoms with E-state index in [1.165, 1.54) is 12.1 Å². The van der Waals surface area contributed by atoms with Crippen LogP contribution < -0.4 is 11.1 Å². The number of rotatable bonds is 3. The van der Waals surface area contributed by atoms with Crippen molar-refractivity contribution in [3.8, 4) is 0 Å². The van der Waals surface area contributed by atoms with Gasteiger partial charge in [0.2, 0.25) is 5.91 Å². The molecule has 1 aliphatic carbocycles. The van der Waals surface area contributed by atoms with Gasteiger partial charge in [-0.1, -0.05) is 18.0 Å². The molecule has 1 aromatic rings. The van der Waals surface area contributed by atoms with Crippen LogP contribution >= 0.6 is 24.0 Å². The van der Waals surface area contributed by atoms with Crippen molar-refractivity contribution in [1.29, 1.82) is 0 Å². The number of carbonyl (C=O) groups is 1. The highest BCUT2D eigenvalue weighted by Gasteiger charge is 2.26. The largest absolute Gasteiger partial charge is 0.327 e. The first kappa shape index (κ1) is 16.2. The van der Waals surface area contributed by atoms with E-state index < -0.39 is 5.82 Å². The van der Waals surface area contributed by atoms with Crippen LogP contribution in [0.3, 0.4) is 0 Å². The molecule has 6 heteroatoms. The summed E-state index contributed by atoms with van der Waals surface area (Å²) in [7, 11) is 0. The van der Waals surface area contributed by atoms with E-state index in [1.54, 1.807) is 6.07 Å². The number of benzene rings is 1. The van der Waals surface area contributed by atoms with E-state index in [2.05, 4.69) is 5.32 Å². The van der Waals surface area contributed by atoms with E-state index in [1.807, 2.05) is 0 Å². The fourth-order valence-electron chi connectivity index (χ4n) is 2.35. The van der Waals surface area contributed by atoms with Crippen molar-refractivity contribution < 1.29 is 9.18 Å². The monoisotopic (exact) mass is 306 g/mol. The van der Waals surface area contributed by atoms with Crippen LogP contribution in [-0.2, 0) is 4.79 Å². The van der Waals surface area contributed by atoms with Gasteiger partial charge in [-0.3, -0.25) is 4.79 Å². The van der Waals surface area contributed by atoms with Gasteiger partial charge < -0.3 is 11.1 Å². The predicted molar refractivity (Wildman–Crippen MR) is 77.2 cm³/mol. The Balaban J connectivity index is 0.00000180. The summed E-state index contributed by atoms with van der Waals surface area (Å²) in [6.07, 6.45) is 3.35. The van der Waals surface area contributed by atoms with Crippen LogP contribution in [0.15, 0.2) is 18.2 Å². The Kier molecular flexibility index (Phi) is 6.04. The first-order valence-corrected chi connectivity index (χ1v) is 6.44. The first-order chi connectivity index (χ1) is 8.56. The quantitative estimate of drug-likeness (QED) is 0.899. The number of carbonyl (C=O) groups excluding carboxylic acids is 1. The highest BCUT2D eigenvalue weighted by atomic mass is 35.5. The second-order valence-corrected chi connectivity index (χ2v) is 5.17. The van der Waals surface area contributed by atoms with Gasteiger partial charge in [0.1, 0.15) is 5.82 Å². The molecular formula is C13H17Cl2FN2O. The van der Waals surface area contributed by atoms with E-state index in [-0.39, 0.29) is 36.0 Å². The molecule has 0 saturated heterocycles. The van der Waals surface area contributed by atoms with Gasteiger partial charge in [0, 0.05) is 17.5 Å². The van der Waals surface area contributed by atoms with E-state index in [0.717, 1.165) is 19.3 Å². The van der Waals surface area contributed by atoms with Gasteiger partial charge >= 0.3 is 0 Å². The molecule has 3 N–H and O–H groups in total. The average molecular weight is 307 g/mol. The third-order valence-electron chi connectivity index (χ3n) is 3.37. The number of hydrogen-bond acceptors (Lipinski definition) is 2. The fourth-order valence-corrected chi connectivity index (χ4v) is 2.51. The molecule has 1 aliphatic rings. The maximum Gasteiger partial charge on any atom is 0.224 e. The summed E-state index contributed by atoms with van der Waals surface area (Å²) in [6.45, 7) is 0. The van der Waals surface area contributed by atoms with Crippen molar-refractivity contribution in [1.82, 2.24) is 0 Å². The molecule has 0 unspecified atom stereocenters. The van der Waals surface area contributed by atoms with Gasteiger partial charge in [0.05, 0.1) is 5.69 Å². The topological polar surface area (TPSA) is 55.1 Å². The van der Waals surface area contributed by atoms with Crippen LogP contribution in [-0.4, -0.2) is 11.9 Å². The van der Waals surface area contributed by atoms with Crippen molar-refractivity contribution >= 4 is 35.6 Å². The van der Waals surface area contributed by atoms with Gasteiger partial charge in [-0.2, -0.15) is 0 Å². The molecule has 0 radical (unpaired) electrons. The van der Waals surface area contributed by atoms with Crippen LogP contribution in [0.2, 0.25) is 5.02 Å². The highest BCUT2D eigenvalue weighted by Crippen LogP contribution is 2.27. The Morgan fingerprint density at radius 2 is 2.21 bits per heavy atom. The van der Waals surface area contributed by atoms with E-state index in [9.17, 15) is 9.18 Å². The lowest BCUT2D eigenvalue weighted by Gasteiger charge is -2.15. The standard InChI is InChI=1S/C13H16ClFN2O.ClH/c14-9-4-5-12(10(15)7-9)17-13(18)6-8-2-1-3-11(8)16;/h4-5,7-8,11H,1-3,6,16H2,(H,17,18);1H/t8-,11+;/m0./s1. The van der Waals surface area contributed by atoms with Crippen molar-refractivity contribution in [3.63, 3.8) is 0 Å². The van der Waals surface area contributed by atoms with E-state index in [4.69, 9.17) is 17.3 Å². The highest BCUT2D eigenvalue weighted by molar-refractivity contribution is 6.30. The Hall–Kier alpha value is -0.840. The van der Waals surface area contributed by atoms with Crippen LogP contribution in [0.1, 0.15) is 25.7 Å². The number of hydrogen-bond donors (Lipinski definition) is 2. The zero-order valence-electron chi connectivity index (χ0n) is 10.4. The normalized spacial score (nSPS) is 21.8. The van der Waals surface area contributed by atoms with E-state index >= 15 is 0 Å². The first-order valence-electron chi connectivity index (χ1n) is 6.07. The second kappa shape index (κ2) is 7.08. The molecule has 3 nitrogen and oxygen atoms in total. The van der Waals surface area contributed by atoms with Gasteiger partial charge in [-0.15, -0.1) is 12.4 Å². The third-order valence-corrected chi connectivity index (χ3v) is 3.61. The van der Waals surface area contributed by atoms with Crippen molar-refractivity contribution in [2.75, 3.05) is 5.32 Å².